The largest absolute Gasteiger partial charge is 0.682 e. The van der Waals surface area contributed by atoms with Crippen LogP contribution >= 0.6 is 0 Å². The maximum Gasteiger partial charge on any atom is 0.682 e. The molecule has 3 nitrogen and oxygen atoms in total. The average molecular weight is 186 g/mol. The van der Waals surface area contributed by atoms with Crippen molar-refractivity contribution < 1.29 is 13.9 Å². The summed E-state index contributed by atoms with van der Waals surface area (Å²) in [6, 6.07) is 10.9. The standard InChI is InChI=1S/C11H10N2O/c14-11(12-7-3-1-4-8-12)13-9-5-2-6-10-13/h1-10H/q+2. The van der Waals surface area contributed by atoms with Gasteiger partial charge in [-0.3, -0.25) is 0 Å². The van der Waals surface area contributed by atoms with E-state index < -0.39 is 0 Å². The zero-order valence-corrected chi connectivity index (χ0v) is 7.58. The van der Waals surface area contributed by atoms with Gasteiger partial charge in [-0.15, -0.1) is 0 Å². The molecule has 0 bridgehead atoms. The van der Waals surface area contributed by atoms with Gasteiger partial charge in [-0.2, -0.15) is 4.79 Å². The summed E-state index contributed by atoms with van der Waals surface area (Å²) in [4.78, 5) is 11.8. The van der Waals surface area contributed by atoms with Gasteiger partial charge in [-0.25, -0.2) is 0 Å². The molecular weight excluding hydrogens is 176 g/mol. The fourth-order valence-corrected chi connectivity index (χ4v) is 1.19. The molecule has 0 saturated carbocycles. The third kappa shape index (κ3) is 1.66. The maximum atomic E-state index is 11.8. The SMILES string of the molecule is O=C([n+]1ccccc1)[n+]1ccccc1. The van der Waals surface area contributed by atoms with Crippen molar-refractivity contribution >= 4 is 6.03 Å². The number of aromatic nitrogens is 2. The molecule has 0 fully saturated rings. The summed E-state index contributed by atoms with van der Waals surface area (Å²) in [6.45, 7) is 0. The van der Waals surface area contributed by atoms with Gasteiger partial charge in [0.05, 0.1) is 0 Å². The van der Waals surface area contributed by atoms with Crippen molar-refractivity contribution in [1.29, 1.82) is 0 Å². The lowest BCUT2D eigenvalue weighted by Crippen LogP contribution is -2.59. The predicted molar refractivity (Wildman–Crippen MR) is 49.5 cm³/mol. The summed E-state index contributed by atoms with van der Waals surface area (Å²) < 4.78 is 3.06. The van der Waals surface area contributed by atoms with E-state index in [4.69, 9.17) is 0 Å². The van der Waals surface area contributed by atoms with E-state index >= 15 is 0 Å². The van der Waals surface area contributed by atoms with Gasteiger partial charge in [0.15, 0.2) is 24.8 Å². The first kappa shape index (κ1) is 8.56. The molecule has 2 rings (SSSR count). The van der Waals surface area contributed by atoms with Crippen molar-refractivity contribution in [3.63, 3.8) is 0 Å². The van der Waals surface area contributed by atoms with E-state index in [2.05, 4.69) is 0 Å². The molecule has 0 N–H and O–H groups in total. The van der Waals surface area contributed by atoms with Crippen molar-refractivity contribution in [2.24, 2.45) is 0 Å². The smallest absolute Gasteiger partial charge is 0.151 e. The van der Waals surface area contributed by atoms with Gasteiger partial charge in [0, 0.05) is 24.3 Å². The molecule has 0 atom stereocenters. The lowest BCUT2D eigenvalue weighted by atomic mass is 10.5. The monoisotopic (exact) mass is 186 g/mol. The molecule has 0 unspecified atom stereocenters. The number of carbonyl (C=O) groups excluding carboxylic acids is 1. The van der Waals surface area contributed by atoms with Gasteiger partial charge >= 0.3 is 6.03 Å². The highest BCUT2D eigenvalue weighted by atomic mass is 16.2. The Hall–Kier alpha value is -2.03. The summed E-state index contributed by atoms with van der Waals surface area (Å²) in [5.74, 6) is 0. The zero-order valence-electron chi connectivity index (χ0n) is 7.58. The van der Waals surface area contributed by atoms with Gasteiger partial charge in [-0.05, 0) is 0 Å². The highest BCUT2D eigenvalue weighted by Gasteiger charge is 2.24. The Labute approximate surface area is 81.9 Å². The number of hydrogen-bond donors (Lipinski definition) is 0. The van der Waals surface area contributed by atoms with Crippen LogP contribution in [0.5, 0.6) is 0 Å². The van der Waals surface area contributed by atoms with Crippen LogP contribution in [-0.4, -0.2) is 6.03 Å². The van der Waals surface area contributed by atoms with Crippen molar-refractivity contribution in [2.45, 2.75) is 0 Å². The third-order valence-electron chi connectivity index (χ3n) is 1.87. The second-order valence-corrected chi connectivity index (χ2v) is 2.85. The molecular formula is C11H10N2O+2. The van der Waals surface area contributed by atoms with Gasteiger partial charge in [-0.1, -0.05) is 21.3 Å². The number of rotatable bonds is 0. The van der Waals surface area contributed by atoms with Gasteiger partial charge in [0.2, 0.25) is 0 Å². The van der Waals surface area contributed by atoms with Gasteiger partial charge in [0.1, 0.15) is 0 Å². The third-order valence-corrected chi connectivity index (χ3v) is 1.87. The molecule has 0 aliphatic rings. The lowest BCUT2D eigenvalue weighted by Gasteiger charge is -1.87. The summed E-state index contributed by atoms with van der Waals surface area (Å²) in [7, 11) is 0. The van der Waals surface area contributed by atoms with Crippen LogP contribution in [0.2, 0.25) is 0 Å². The minimum Gasteiger partial charge on any atom is -0.151 e. The first-order valence-corrected chi connectivity index (χ1v) is 4.35. The Morgan fingerprint density at radius 1 is 0.643 bits per heavy atom. The van der Waals surface area contributed by atoms with E-state index in [1.807, 2.05) is 36.4 Å². The molecule has 0 saturated heterocycles. The topological polar surface area (TPSA) is 24.8 Å². The normalized spacial score (nSPS) is 9.71. The molecule has 68 valence electrons. The van der Waals surface area contributed by atoms with E-state index in [9.17, 15) is 4.79 Å². The van der Waals surface area contributed by atoms with Crippen LogP contribution in [0.3, 0.4) is 0 Å². The van der Waals surface area contributed by atoms with Gasteiger partial charge < -0.3 is 0 Å². The molecule has 0 aliphatic heterocycles. The summed E-state index contributed by atoms with van der Waals surface area (Å²) in [5.41, 5.74) is 0. The van der Waals surface area contributed by atoms with Gasteiger partial charge in [0.25, 0.3) is 0 Å². The number of pyridine rings is 2. The number of nitrogens with zero attached hydrogens (tertiary/aromatic N) is 2. The lowest BCUT2D eigenvalue weighted by molar-refractivity contribution is -0.720. The molecule has 2 aromatic rings. The van der Waals surface area contributed by atoms with Crippen LogP contribution in [0.15, 0.2) is 61.2 Å². The first-order chi connectivity index (χ1) is 6.88. The Bertz CT molecular complexity index is 384. The van der Waals surface area contributed by atoms with E-state index in [0.29, 0.717) is 0 Å². The van der Waals surface area contributed by atoms with Crippen LogP contribution in [0.25, 0.3) is 0 Å². The maximum absolute atomic E-state index is 11.8. The molecule has 2 heterocycles. The molecule has 2 aromatic heterocycles. The fraction of sp³-hybridized carbons (Fsp3) is 0. The molecule has 14 heavy (non-hydrogen) atoms. The minimum atomic E-state index is -0.0915. The second-order valence-electron chi connectivity index (χ2n) is 2.85. The summed E-state index contributed by atoms with van der Waals surface area (Å²) >= 11 is 0. The highest BCUT2D eigenvalue weighted by Crippen LogP contribution is 1.79. The van der Waals surface area contributed by atoms with E-state index in [1.165, 1.54) is 9.13 Å². The Kier molecular flexibility index (Phi) is 2.32. The number of hydrogen-bond acceptors (Lipinski definition) is 1. The molecule has 0 spiro atoms. The fourth-order valence-electron chi connectivity index (χ4n) is 1.19. The van der Waals surface area contributed by atoms with Crippen LogP contribution in [0, 0.1) is 0 Å². The van der Waals surface area contributed by atoms with Crippen molar-refractivity contribution in [3.05, 3.63) is 61.2 Å². The molecule has 0 aliphatic carbocycles. The second kappa shape index (κ2) is 3.79. The zero-order chi connectivity index (χ0) is 9.80. The summed E-state index contributed by atoms with van der Waals surface area (Å²) in [6.07, 6.45) is 6.90. The van der Waals surface area contributed by atoms with E-state index in [1.54, 1.807) is 24.8 Å². The first-order valence-electron chi connectivity index (χ1n) is 4.35. The van der Waals surface area contributed by atoms with Crippen molar-refractivity contribution in [1.82, 2.24) is 0 Å². The Balaban J connectivity index is 2.35. The minimum absolute atomic E-state index is 0.0915. The van der Waals surface area contributed by atoms with Crippen LogP contribution in [0.4, 0.5) is 4.79 Å². The average Bonchev–Trinajstić information content (AvgIpc) is 2.30. The Morgan fingerprint density at radius 3 is 1.36 bits per heavy atom. The Morgan fingerprint density at radius 2 is 1.00 bits per heavy atom. The molecule has 3 heteroatoms. The van der Waals surface area contributed by atoms with Crippen LogP contribution < -0.4 is 9.13 Å². The van der Waals surface area contributed by atoms with Crippen LogP contribution in [-0.2, 0) is 0 Å². The quantitative estimate of drug-likeness (QED) is 0.558. The predicted octanol–water partition coefficient (Wildman–Crippen LogP) is 0.778. The summed E-state index contributed by atoms with van der Waals surface area (Å²) in [5, 5.41) is 0. The molecule has 0 aromatic carbocycles. The number of carbonyl (C=O) groups is 1. The van der Waals surface area contributed by atoms with Crippen molar-refractivity contribution in [2.75, 3.05) is 0 Å². The van der Waals surface area contributed by atoms with E-state index in [-0.39, 0.29) is 6.03 Å². The van der Waals surface area contributed by atoms with Crippen LogP contribution in [0.1, 0.15) is 0 Å². The highest BCUT2D eigenvalue weighted by molar-refractivity contribution is 5.53. The van der Waals surface area contributed by atoms with Crippen molar-refractivity contribution in [3.8, 4) is 0 Å². The molecule has 0 amide bonds. The van der Waals surface area contributed by atoms with E-state index in [0.717, 1.165) is 0 Å². The molecule has 0 radical (unpaired) electrons.